The first-order valence-corrected chi connectivity index (χ1v) is 6.32. The quantitative estimate of drug-likeness (QED) is 0.726. The molecule has 0 aliphatic rings. The van der Waals surface area contributed by atoms with E-state index in [2.05, 4.69) is 9.89 Å². The van der Waals surface area contributed by atoms with E-state index in [1.165, 1.54) is 13.8 Å². The van der Waals surface area contributed by atoms with Crippen molar-refractivity contribution in [2.75, 3.05) is 13.2 Å². The molecule has 1 rings (SSSR count). The van der Waals surface area contributed by atoms with E-state index < -0.39 is 29.1 Å². The van der Waals surface area contributed by atoms with Gasteiger partial charge >= 0.3 is 5.97 Å². The van der Waals surface area contributed by atoms with Crippen LogP contribution in [0.25, 0.3) is 0 Å². The molecule has 0 saturated carbocycles. The highest BCUT2D eigenvalue weighted by Gasteiger charge is 2.24. The average Bonchev–Trinajstić information content (AvgIpc) is 2.64. The molecule has 0 amide bonds. The van der Waals surface area contributed by atoms with Crippen LogP contribution in [0.2, 0.25) is 0 Å². The minimum absolute atomic E-state index is 0.101. The molecule has 0 aliphatic carbocycles. The smallest absolute Gasteiger partial charge is 0.322 e. The summed E-state index contributed by atoms with van der Waals surface area (Å²) in [4.78, 5) is 10.9. The number of hydrogen-bond donors (Lipinski definition) is 1. The Morgan fingerprint density at radius 2 is 2.22 bits per heavy atom. The lowest BCUT2D eigenvalue weighted by Crippen LogP contribution is -2.31. The van der Waals surface area contributed by atoms with Crippen LogP contribution < -0.4 is 4.72 Å². The normalized spacial score (nSPS) is 10.9. The van der Waals surface area contributed by atoms with Crippen molar-refractivity contribution in [2.24, 2.45) is 0 Å². The number of hydrogen-bond acceptors (Lipinski definition) is 7. The summed E-state index contributed by atoms with van der Waals surface area (Å²) in [5, 5.41) is 11.7. The molecule has 0 radical (unpaired) electrons. The van der Waals surface area contributed by atoms with E-state index in [1.54, 1.807) is 6.07 Å². The average molecular weight is 273 g/mol. The Bertz CT molecular complexity index is 564. The first kappa shape index (κ1) is 14.1. The van der Waals surface area contributed by atoms with Crippen molar-refractivity contribution in [3.63, 3.8) is 0 Å². The molecule has 1 aromatic heterocycles. The first-order valence-electron chi connectivity index (χ1n) is 4.83. The Morgan fingerprint density at radius 1 is 1.56 bits per heavy atom. The zero-order chi connectivity index (χ0) is 13.8. The first-order chi connectivity index (χ1) is 8.38. The number of aryl methyl sites for hydroxylation is 2. The molecular weight excluding hydrogens is 262 g/mol. The number of nitrogens with one attached hydrogen (secondary N) is 1. The van der Waals surface area contributed by atoms with E-state index in [9.17, 15) is 13.2 Å². The largest absolute Gasteiger partial charge is 0.449 e. The molecule has 0 fully saturated rings. The van der Waals surface area contributed by atoms with Gasteiger partial charge in [0, 0.05) is 0 Å². The van der Waals surface area contributed by atoms with Crippen LogP contribution in [-0.2, 0) is 19.6 Å². The molecule has 0 aliphatic heterocycles. The van der Waals surface area contributed by atoms with Crippen LogP contribution in [0, 0.1) is 25.2 Å². The third-order valence-corrected chi connectivity index (χ3v) is 3.59. The topological polar surface area (TPSA) is 122 Å². The number of carbonyl (C=O) groups is 1. The van der Waals surface area contributed by atoms with Crippen LogP contribution in [0.5, 0.6) is 0 Å². The standard InChI is InChI=1S/C9H11N3O5S/c1-6-9(7(2)17-12-6)18(14,15)11-5-8(13)16-4-3-10/h11H,4-5H2,1-2H3. The third kappa shape index (κ3) is 3.28. The van der Waals surface area contributed by atoms with Gasteiger partial charge in [-0.05, 0) is 13.8 Å². The monoisotopic (exact) mass is 273 g/mol. The van der Waals surface area contributed by atoms with Gasteiger partial charge in [-0.2, -0.15) is 9.98 Å². The van der Waals surface area contributed by atoms with Crippen LogP contribution >= 0.6 is 0 Å². The highest BCUT2D eigenvalue weighted by molar-refractivity contribution is 7.89. The number of nitrogens with zero attached hydrogens (tertiary/aromatic N) is 2. The molecular formula is C9H11N3O5S. The molecule has 1 aromatic rings. The maximum absolute atomic E-state index is 11.8. The van der Waals surface area contributed by atoms with Crippen molar-refractivity contribution < 1.29 is 22.5 Å². The van der Waals surface area contributed by atoms with Crippen molar-refractivity contribution in [3.8, 4) is 6.07 Å². The minimum atomic E-state index is -3.89. The molecule has 1 N–H and O–H groups in total. The van der Waals surface area contributed by atoms with Gasteiger partial charge in [0.05, 0.1) is 0 Å². The SMILES string of the molecule is Cc1noc(C)c1S(=O)(=O)NCC(=O)OCC#N. The van der Waals surface area contributed by atoms with Crippen molar-refractivity contribution in [1.82, 2.24) is 9.88 Å². The summed E-state index contributed by atoms with van der Waals surface area (Å²) in [6, 6.07) is 1.60. The van der Waals surface area contributed by atoms with Crippen LogP contribution in [0.3, 0.4) is 0 Å². The number of sulfonamides is 1. The number of esters is 1. The Kier molecular flexibility index (Phi) is 4.41. The van der Waals surface area contributed by atoms with Crippen molar-refractivity contribution in [1.29, 1.82) is 5.26 Å². The molecule has 18 heavy (non-hydrogen) atoms. The van der Waals surface area contributed by atoms with Gasteiger partial charge in [-0.1, -0.05) is 5.16 Å². The van der Waals surface area contributed by atoms with E-state index in [0.717, 1.165) is 0 Å². The summed E-state index contributed by atoms with van der Waals surface area (Å²) >= 11 is 0. The number of rotatable bonds is 5. The predicted octanol–water partition coefficient (Wildman–Crippen LogP) is -0.363. The summed E-state index contributed by atoms with van der Waals surface area (Å²) in [5.74, 6) is -0.711. The maximum Gasteiger partial charge on any atom is 0.322 e. The van der Waals surface area contributed by atoms with E-state index in [0.29, 0.717) is 0 Å². The zero-order valence-corrected chi connectivity index (χ0v) is 10.6. The van der Waals surface area contributed by atoms with Gasteiger partial charge in [0.1, 0.15) is 23.2 Å². The molecule has 0 saturated heterocycles. The highest BCUT2D eigenvalue weighted by Crippen LogP contribution is 2.18. The van der Waals surface area contributed by atoms with Gasteiger partial charge < -0.3 is 9.26 Å². The van der Waals surface area contributed by atoms with Crippen LogP contribution in [0.1, 0.15) is 11.5 Å². The molecule has 1 heterocycles. The van der Waals surface area contributed by atoms with Crippen molar-refractivity contribution in [3.05, 3.63) is 11.5 Å². The van der Waals surface area contributed by atoms with Crippen molar-refractivity contribution in [2.45, 2.75) is 18.7 Å². The van der Waals surface area contributed by atoms with Gasteiger partial charge in [0.15, 0.2) is 12.4 Å². The molecule has 8 nitrogen and oxygen atoms in total. The van der Waals surface area contributed by atoms with Gasteiger partial charge in [-0.25, -0.2) is 8.42 Å². The van der Waals surface area contributed by atoms with Crippen LogP contribution in [-0.4, -0.2) is 32.7 Å². The van der Waals surface area contributed by atoms with E-state index in [4.69, 9.17) is 9.78 Å². The Labute approximate surface area is 104 Å². The molecule has 0 aromatic carbocycles. The fourth-order valence-corrected chi connectivity index (χ4v) is 2.54. The van der Waals surface area contributed by atoms with Crippen molar-refractivity contribution >= 4 is 16.0 Å². The number of ether oxygens (including phenoxy) is 1. The van der Waals surface area contributed by atoms with Crippen LogP contribution in [0.15, 0.2) is 9.42 Å². The molecule has 9 heteroatoms. The number of aromatic nitrogens is 1. The van der Waals surface area contributed by atoms with E-state index in [-0.39, 0.29) is 16.3 Å². The summed E-state index contributed by atoms with van der Waals surface area (Å²) < 4.78 is 34.8. The summed E-state index contributed by atoms with van der Waals surface area (Å²) in [7, 11) is -3.89. The molecule has 0 spiro atoms. The second-order valence-electron chi connectivity index (χ2n) is 3.30. The molecule has 0 bridgehead atoms. The van der Waals surface area contributed by atoms with Gasteiger partial charge in [0.25, 0.3) is 0 Å². The van der Waals surface area contributed by atoms with Gasteiger partial charge in [-0.3, -0.25) is 4.79 Å². The Morgan fingerprint density at radius 3 is 2.72 bits per heavy atom. The lowest BCUT2D eigenvalue weighted by Gasteiger charge is -2.05. The predicted molar refractivity (Wildman–Crippen MR) is 57.7 cm³/mol. The Hall–Kier alpha value is -1.92. The summed E-state index contributed by atoms with van der Waals surface area (Å²) in [5.41, 5.74) is 0.199. The maximum atomic E-state index is 11.8. The third-order valence-electron chi connectivity index (χ3n) is 1.94. The number of nitriles is 1. The fraction of sp³-hybridized carbons (Fsp3) is 0.444. The molecule has 0 unspecified atom stereocenters. The second kappa shape index (κ2) is 5.61. The van der Waals surface area contributed by atoms with Crippen LogP contribution in [0.4, 0.5) is 0 Å². The zero-order valence-electron chi connectivity index (χ0n) is 9.76. The Balaban J connectivity index is 2.73. The molecule has 98 valence electrons. The van der Waals surface area contributed by atoms with Gasteiger partial charge in [-0.15, -0.1) is 0 Å². The number of carbonyl (C=O) groups excluding carboxylic acids is 1. The lowest BCUT2D eigenvalue weighted by atomic mass is 10.4. The van der Waals surface area contributed by atoms with E-state index >= 15 is 0 Å². The second-order valence-corrected chi connectivity index (χ2v) is 5.00. The van der Waals surface area contributed by atoms with E-state index in [1.807, 2.05) is 4.72 Å². The molecule has 0 atom stereocenters. The fourth-order valence-electron chi connectivity index (χ4n) is 1.25. The van der Waals surface area contributed by atoms with Gasteiger partial charge in [0.2, 0.25) is 10.0 Å². The minimum Gasteiger partial charge on any atom is -0.449 e. The lowest BCUT2D eigenvalue weighted by molar-refractivity contribution is -0.140. The highest BCUT2D eigenvalue weighted by atomic mass is 32.2. The summed E-state index contributed by atoms with van der Waals surface area (Å²) in [6.07, 6.45) is 0. The summed E-state index contributed by atoms with van der Waals surface area (Å²) in [6.45, 7) is 1.93.